The summed E-state index contributed by atoms with van der Waals surface area (Å²) in [5.74, 6) is 0. The van der Waals surface area contributed by atoms with Gasteiger partial charge in [0.2, 0.25) is 0 Å². The third-order valence-electron chi connectivity index (χ3n) is 0. The van der Waals surface area contributed by atoms with Crippen molar-refractivity contribution in [2.24, 2.45) is 0 Å². The second kappa shape index (κ2) is 173. The topological polar surface area (TPSA) is 0 Å². The van der Waals surface area contributed by atoms with Crippen LogP contribution in [0.2, 0.25) is 0 Å². The molecular weight excluding hydrogens is 1360 g/mol. The van der Waals surface area contributed by atoms with Gasteiger partial charge in [0.05, 0.1) is 0 Å². The van der Waals surface area contributed by atoms with E-state index in [0.717, 1.165) is 0 Å². The predicted octanol–water partition coefficient (Wildman–Crippen LogP) is -7.97. The predicted molar refractivity (Wildman–Crippen MR) is 102 cm³/mol. The molecule has 0 atom stereocenters. The molecule has 0 spiro atoms. The monoisotopic (exact) mass is 1380 g/mol. The van der Waals surface area contributed by atoms with Crippen molar-refractivity contribution in [3.05, 3.63) is 0 Å². The van der Waals surface area contributed by atoms with E-state index < -0.39 is 0 Å². The molecule has 4 radical (unpaired) electrons. The van der Waals surface area contributed by atoms with Crippen LogP contribution in [0.1, 0.15) is 0 Å². The van der Waals surface area contributed by atoms with Crippen molar-refractivity contribution < 1.29 is 19.5 Å². The third kappa shape index (κ3) is 159. The molecule has 0 N–H and O–H groups in total. The van der Waals surface area contributed by atoms with Gasteiger partial charge >= 0.3 is 254 Å². The Morgan fingerprint density at radius 3 is 0.353 bits per heavy atom. The summed E-state index contributed by atoms with van der Waals surface area (Å²) in [5.41, 5.74) is 0. The van der Waals surface area contributed by atoms with Crippen molar-refractivity contribution in [1.82, 2.24) is 0 Å². The molecule has 0 rings (SSSR count). The summed E-state index contributed by atoms with van der Waals surface area (Å²) >= 11 is 33.2. The van der Waals surface area contributed by atoms with Gasteiger partial charge in [-0.1, -0.05) is 0 Å². The molecule has 0 aliphatic heterocycles. The van der Waals surface area contributed by atoms with Crippen LogP contribution in [-0.4, -0.2) is 234 Å². The molecule has 0 saturated carbocycles. The first-order valence-electron chi connectivity index (χ1n) is 1.28. The molecular formula is H7InSe15Zn. The second-order valence-corrected chi connectivity index (χ2v) is 0. The van der Waals surface area contributed by atoms with Gasteiger partial charge in [0.1, 0.15) is 0 Å². The van der Waals surface area contributed by atoms with Crippen molar-refractivity contribution >= 4 is 234 Å². The van der Waals surface area contributed by atoms with Crippen LogP contribution in [0.4, 0.5) is 0 Å². The quantitative estimate of drug-likeness (QED) is 0.212. The second-order valence-electron chi connectivity index (χ2n) is 0. The maximum absolute atomic E-state index is 2.56. The zero-order chi connectivity index (χ0) is 14.0. The summed E-state index contributed by atoms with van der Waals surface area (Å²) in [5, 5.41) is 0. The molecule has 0 aliphatic carbocycles. The van der Waals surface area contributed by atoms with Crippen molar-refractivity contribution in [3.63, 3.8) is 0 Å². The van der Waals surface area contributed by atoms with Crippen LogP contribution in [0.3, 0.4) is 0 Å². The Hall–Kier alpha value is 9.29. The van der Waals surface area contributed by atoms with Gasteiger partial charge in [-0.05, 0) is 0 Å². The Kier molecular flexibility index (Phi) is 645. The van der Waals surface area contributed by atoms with Crippen molar-refractivity contribution in [2.75, 3.05) is 0 Å². The molecule has 0 saturated heterocycles. The normalized spacial score (nSPS) is 2.06. The average molecular weight is 1370 g/mol. The molecule has 0 amide bonds. The summed E-state index contributed by atoms with van der Waals surface area (Å²) in [4.78, 5) is 0. The van der Waals surface area contributed by atoms with E-state index in [9.17, 15) is 0 Å². The van der Waals surface area contributed by atoms with Crippen molar-refractivity contribution in [1.29, 1.82) is 0 Å². The first-order chi connectivity index (χ1) is 7.00. The third-order valence-corrected chi connectivity index (χ3v) is 0. The van der Waals surface area contributed by atoms with Crippen LogP contribution < -0.4 is 0 Å². The molecule has 0 nitrogen and oxygen atoms in total. The van der Waals surface area contributed by atoms with E-state index in [2.05, 4.69) is 191 Å². The standard InChI is InChI=1S/In.7HSe2.Se.Zn/c;7*1-2;;/h;7*1H;;/q+3;7*-1;2*+2. The molecule has 17 heteroatoms. The molecule has 17 heavy (non-hydrogen) atoms. The van der Waals surface area contributed by atoms with E-state index in [1.54, 1.807) is 0 Å². The zero-order valence-corrected chi connectivity index (χ0v) is 40.8. The summed E-state index contributed by atoms with van der Waals surface area (Å²) in [6, 6.07) is 0. The van der Waals surface area contributed by atoms with Gasteiger partial charge in [0.25, 0.3) is 0 Å². The first kappa shape index (κ1) is 63.4. The minimum Gasteiger partial charge on any atom is 2.00 e. The van der Waals surface area contributed by atoms with Gasteiger partial charge in [-0.3, -0.25) is 0 Å². The zero-order valence-electron chi connectivity index (χ0n) is 7.68. The van der Waals surface area contributed by atoms with Crippen LogP contribution in [0.15, 0.2) is 0 Å². The largest absolute Gasteiger partial charge is 2.00 e. The molecule has 0 aliphatic rings. The molecule has 102 valence electrons. The van der Waals surface area contributed by atoms with E-state index in [1.165, 1.54) is 0 Å². The fourth-order valence-electron chi connectivity index (χ4n) is 0. The van der Waals surface area contributed by atoms with Gasteiger partial charge in [0, 0.05) is 0 Å². The maximum Gasteiger partial charge on any atom is 2.00 e. The molecule has 0 bridgehead atoms. The Balaban J connectivity index is -0.00000000408. The summed E-state index contributed by atoms with van der Waals surface area (Å²) in [6.45, 7) is 0. The van der Waals surface area contributed by atoms with Gasteiger partial charge < -0.3 is 0 Å². The van der Waals surface area contributed by atoms with Gasteiger partial charge in [-0.25, -0.2) is 0 Å². The Labute approximate surface area is 246 Å². The van der Waals surface area contributed by atoms with E-state index >= 15 is 0 Å². The Morgan fingerprint density at radius 2 is 0.353 bits per heavy atom. The fourth-order valence-corrected chi connectivity index (χ4v) is 0. The average Bonchev–Trinajstić information content (AvgIpc) is 2.45. The first-order valence-corrected chi connectivity index (χ1v) is 34.5. The van der Waals surface area contributed by atoms with E-state index in [4.69, 9.17) is 0 Å². The van der Waals surface area contributed by atoms with Gasteiger partial charge in [-0.2, -0.15) is 0 Å². The number of hydrogen-bond donors (Lipinski definition) is 0. The molecule has 0 fully saturated rings. The summed E-state index contributed by atoms with van der Waals surface area (Å²) in [6.07, 6.45) is 0. The van der Waals surface area contributed by atoms with E-state index in [0.29, 0.717) is 0 Å². The number of hydrogen-bond acceptors (Lipinski definition) is 0. The Morgan fingerprint density at radius 1 is 0.353 bits per heavy atom. The van der Waals surface area contributed by atoms with Crippen LogP contribution in [0.5, 0.6) is 0 Å². The molecule has 0 unspecified atom stereocenters. The molecule has 0 aromatic carbocycles. The fraction of sp³-hybridized carbons (Fsp3) is 0. The van der Waals surface area contributed by atoms with Crippen LogP contribution in [0, 0.1) is 0 Å². The molecule has 0 aromatic rings. The van der Waals surface area contributed by atoms with E-state index in [-0.39, 0.29) is 62.4 Å². The minimum absolute atomic E-state index is 0. The van der Waals surface area contributed by atoms with Crippen molar-refractivity contribution in [2.45, 2.75) is 0 Å². The summed E-state index contributed by atoms with van der Waals surface area (Å²) < 4.78 is 0. The summed E-state index contributed by atoms with van der Waals surface area (Å²) in [7, 11) is 0. The molecule has 0 heterocycles. The van der Waals surface area contributed by atoms with Gasteiger partial charge in [0.15, 0.2) is 0 Å². The van der Waals surface area contributed by atoms with E-state index in [1.807, 2.05) is 0 Å². The molecule has 0 aromatic heterocycles. The van der Waals surface area contributed by atoms with Crippen LogP contribution in [-0.2, 0) is 19.5 Å². The maximum atomic E-state index is 2.56. The minimum atomic E-state index is 0. The SMILES string of the molecule is [In+3].[Se+2].[Se]=[SeH-].[Se]=[SeH-].[Se]=[SeH-].[Se]=[SeH-].[Se]=[SeH-].[Se]=[SeH-].[Se]=[SeH-].[Zn+2]. The van der Waals surface area contributed by atoms with Gasteiger partial charge in [-0.15, -0.1) is 0 Å². The number of rotatable bonds is 0. The van der Waals surface area contributed by atoms with Crippen LogP contribution in [0.25, 0.3) is 0 Å². The Bertz CT molecular complexity index is 30.5. The van der Waals surface area contributed by atoms with Crippen LogP contribution >= 0.6 is 0 Å². The smallest absolute Gasteiger partial charge is 2.00 e. The van der Waals surface area contributed by atoms with Crippen molar-refractivity contribution in [3.8, 4) is 0 Å².